The normalized spacial score (nSPS) is 18.0. The molecule has 2 aromatic heterocycles. The predicted molar refractivity (Wildman–Crippen MR) is 78.8 cm³/mol. The van der Waals surface area contributed by atoms with E-state index in [0.717, 1.165) is 6.54 Å². The molecule has 0 unspecified atom stereocenters. The molecule has 3 heterocycles. The fraction of sp³-hybridized carbons (Fsp3) is 0.400. The maximum absolute atomic E-state index is 12.4. The number of aryl methyl sites for hydroxylation is 1. The van der Waals surface area contributed by atoms with Gasteiger partial charge in [0.25, 0.3) is 0 Å². The maximum atomic E-state index is 12.4. The third kappa shape index (κ3) is 2.88. The van der Waals surface area contributed by atoms with Gasteiger partial charge in [0.15, 0.2) is 0 Å². The lowest BCUT2D eigenvalue weighted by atomic mass is 10.2. The minimum absolute atomic E-state index is 0.0270. The van der Waals surface area contributed by atoms with Gasteiger partial charge in [0.2, 0.25) is 11.8 Å². The van der Waals surface area contributed by atoms with Crippen LogP contribution in [0.1, 0.15) is 25.5 Å². The van der Waals surface area contributed by atoms with E-state index in [-0.39, 0.29) is 11.8 Å². The third-order valence-corrected chi connectivity index (χ3v) is 3.76. The van der Waals surface area contributed by atoms with E-state index < -0.39 is 6.04 Å². The van der Waals surface area contributed by atoms with Crippen molar-refractivity contribution in [3.63, 3.8) is 0 Å². The van der Waals surface area contributed by atoms with Gasteiger partial charge in [-0.05, 0) is 25.5 Å². The first-order chi connectivity index (χ1) is 10.7. The van der Waals surface area contributed by atoms with E-state index in [1.807, 2.05) is 6.92 Å². The molecular formula is C15H18N4O3. The van der Waals surface area contributed by atoms with Gasteiger partial charge in [0, 0.05) is 19.2 Å². The molecular weight excluding hydrogens is 284 g/mol. The van der Waals surface area contributed by atoms with E-state index in [1.165, 1.54) is 0 Å². The highest BCUT2D eigenvalue weighted by molar-refractivity contribution is 5.98. The number of amides is 2. The Morgan fingerprint density at radius 2 is 2.41 bits per heavy atom. The average molecular weight is 302 g/mol. The molecule has 7 nitrogen and oxygen atoms in total. The molecule has 116 valence electrons. The molecule has 7 heteroatoms. The molecule has 0 spiro atoms. The van der Waals surface area contributed by atoms with Gasteiger partial charge in [-0.1, -0.05) is 0 Å². The van der Waals surface area contributed by atoms with Crippen molar-refractivity contribution < 1.29 is 14.0 Å². The van der Waals surface area contributed by atoms with Crippen molar-refractivity contribution >= 4 is 17.5 Å². The van der Waals surface area contributed by atoms with Crippen molar-refractivity contribution in [2.75, 3.05) is 5.32 Å². The summed E-state index contributed by atoms with van der Waals surface area (Å²) in [6, 6.07) is 3.10. The van der Waals surface area contributed by atoms with E-state index in [2.05, 4.69) is 10.4 Å². The Balaban J connectivity index is 1.68. The molecule has 1 aliphatic heterocycles. The Labute approximate surface area is 127 Å². The van der Waals surface area contributed by atoms with Crippen LogP contribution in [0.15, 0.2) is 35.2 Å². The lowest BCUT2D eigenvalue weighted by Crippen LogP contribution is -2.41. The van der Waals surface area contributed by atoms with Gasteiger partial charge in [0.1, 0.15) is 11.8 Å². The summed E-state index contributed by atoms with van der Waals surface area (Å²) in [6.07, 6.45) is 5.84. The van der Waals surface area contributed by atoms with Crippen molar-refractivity contribution in [1.29, 1.82) is 0 Å². The van der Waals surface area contributed by atoms with Crippen LogP contribution in [0.25, 0.3) is 0 Å². The highest BCUT2D eigenvalue weighted by atomic mass is 16.3. The van der Waals surface area contributed by atoms with Gasteiger partial charge in [-0.25, -0.2) is 0 Å². The zero-order valence-corrected chi connectivity index (χ0v) is 12.4. The lowest BCUT2D eigenvalue weighted by Gasteiger charge is -2.22. The van der Waals surface area contributed by atoms with Crippen molar-refractivity contribution in [1.82, 2.24) is 14.7 Å². The second-order valence-corrected chi connectivity index (χ2v) is 5.23. The quantitative estimate of drug-likeness (QED) is 0.910. The Kier molecular flexibility index (Phi) is 3.95. The van der Waals surface area contributed by atoms with Gasteiger partial charge in [-0.3, -0.25) is 14.3 Å². The number of nitrogens with one attached hydrogen (secondary N) is 1. The fourth-order valence-electron chi connectivity index (χ4n) is 2.60. The third-order valence-electron chi connectivity index (χ3n) is 3.76. The van der Waals surface area contributed by atoms with Gasteiger partial charge in [-0.15, -0.1) is 0 Å². The summed E-state index contributed by atoms with van der Waals surface area (Å²) in [6.45, 7) is 3.03. The van der Waals surface area contributed by atoms with Crippen molar-refractivity contribution in [3.8, 4) is 0 Å². The summed E-state index contributed by atoms with van der Waals surface area (Å²) in [7, 11) is 0. The van der Waals surface area contributed by atoms with Gasteiger partial charge in [0.05, 0.1) is 24.7 Å². The molecule has 22 heavy (non-hydrogen) atoms. The molecule has 0 radical (unpaired) electrons. The van der Waals surface area contributed by atoms with Crippen molar-refractivity contribution in [2.24, 2.45) is 0 Å². The number of likely N-dealkylation sites (tertiary alicyclic amines) is 1. The number of anilines is 1. The van der Waals surface area contributed by atoms with Crippen LogP contribution in [0.2, 0.25) is 0 Å². The predicted octanol–water partition coefficient (Wildman–Crippen LogP) is 1.63. The Bertz CT molecular complexity index is 662. The summed E-state index contributed by atoms with van der Waals surface area (Å²) < 4.78 is 7.00. The Morgan fingerprint density at radius 1 is 1.55 bits per heavy atom. The summed E-state index contributed by atoms with van der Waals surface area (Å²) in [5, 5.41) is 6.94. The molecule has 1 atom stereocenters. The summed E-state index contributed by atoms with van der Waals surface area (Å²) >= 11 is 0. The van der Waals surface area contributed by atoms with Crippen molar-refractivity contribution in [2.45, 2.75) is 38.9 Å². The first-order valence-corrected chi connectivity index (χ1v) is 7.32. The largest absolute Gasteiger partial charge is 0.467 e. The second kappa shape index (κ2) is 6.05. The molecule has 0 saturated carbocycles. The number of aromatic nitrogens is 2. The number of hydrogen-bond donors (Lipinski definition) is 1. The number of furan rings is 1. The highest BCUT2D eigenvalue weighted by Crippen LogP contribution is 2.23. The van der Waals surface area contributed by atoms with Crippen molar-refractivity contribution in [3.05, 3.63) is 36.5 Å². The van der Waals surface area contributed by atoms with E-state index in [9.17, 15) is 9.59 Å². The number of rotatable bonds is 5. The van der Waals surface area contributed by atoms with Crippen LogP contribution in [0, 0.1) is 0 Å². The zero-order valence-electron chi connectivity index (χ0n) is 12.4. The summed E-state index contributed by atoms with van der Waals surface area (Å²) in [5.41, 5.74) is 0.643. The van der Waals surface area contributed by atoms with Gasteiger partial charge in [-0.2, -0.15) is 5.10 Å². The smallest absolute Gasteiger partial charge is 0.247 e. The first kappa shape index (κ1) is 14.4. The second-order valence-electron chi connectivity index (χ2n) is 5.23. The molecule has 1 N–H and O–H groups in total. The van der Waals surface area contributed by atoms with Crippen LogP contribution in [-0.4, -0.2) is 32.5 Å². The molecule has 1 fully saturated rings. The van der Waals surface area contributed by atoms with Gasteiger partial charge < -0.3 is 14.6 Å². The van der Waals surface area contributed by atoms with Crippen LogP contribution in [0.5, 0.6) is 0 Å². The minimum atomic E-state index is -0.470. The number of nitrogens with zero attached hydrogens (tertiary/aromatic N) is 3. The monoisotopic (exact) mass is 302 g/mol. The van der Waals surface area contributed by atoms with Crippen LogP contribution in [0.4, 0.5) is 5.69 Å². The Hall–Kier alpha value is -2.57. The standard InChI is InChI=1S/C15H18N4O3/c1-2-18-9-11(8-16-18)17-15(21)13-5-6-14(20)19(13)10-12-4-3-7-22-12/h3-4,7-9,13H,2,5-6,10H2,1H3,(H,17,21)/t13-/m1/s1. The maximum Gasteiger partial charge on any atom is 0.247 e. The van der Waals surface area contributed by atoms with E-state index in [0.29, 0.717) is 30.8 Å². The minimum Gasteiger partial charge on any atom is -0.467 e. The van der Waals surface area contributed by atoms with Crippen LogP contribution < -0.4 is 5.32 Å². The van der Waals surface area contributed by atoms with Gasteiger partial charge >= 0.3 is 0 Å². The number of hydrogen-bond acceptors (Lipinski definition) is 4. The Morgan fingerprint density at radius 3 is 3.09 bits per heavy atom. The van der Waals surface area contributed by atoms with E-state index in [4.69, 9.17) is 4.42 Å². The lowest BCUT2D eigenvalue weighted by molar-refractivity contribution is -0.134. The molecule has 0 aromatic carbocycles. The first-order valence-electron chi connectivity index (χ1n) is 7.32. The molecule has 0 aliphatic carbocycles. The molecule has 1 saturated heterocycles. The summed E-state index contributed by atoms with van der Waals surface area (Å²) in [4.78, 5) is 26.0. The average Bonchev–Trinajstić information content (AvgIpc) is 3.22. The molecule has 0 bridgehead atoms. The SMILES string of the molecule is CCn1cc(NC(=O)[C@H]2CCC(=O)N2Cc2ccco2)cn1. The van der Waals surface area contributed by atoms with Crippen LogP contribution >= 0.6 is 0 Å². The number of carbonyl (C=O) groups excluding carboxylic acids is 2. The highest BCUT2D eigenvalue weighted by Gasteiger charge is 2.36. The summed E-state index contributed by atoms with van der Waals surface area (Å²) in [5.74, 6) is 0.459. The molecule has 3 rings (SSSR count). The fourth-order valence-corrected chi connectivity index (χ4v) is 2.60. The van der Waals surface area contributed by atoms with Crippen LogP contribution in [0.3, 0.4) is 0 Å². The molecule has 2 amide bonds. The molecule has 1 aliphatic rings. The zero-order chi connectivity index (χ0) is 15.5. The van der Waals surface area contributed by atoms with E-state index in [1.54, 1.807) is 40.4 Å². The topological polar surface area (TPSA) is 80.4 Å². The van der Waals surface area contributed by atoms with E-state index >= 15 is 0 Å². The number of carbonyl (C=O) groups is 2. The molecule has 2 aromatic rings. The van der Waals surface area contributed by atoms with Crippen LogP contribution in [-0.2, 0) is 22.7 Å².